The predicted molar refractivity (Wildman–Crippen MR) is 116 cm³/mol. The second kappa shape index (κ2) is 6.25. The summed E-state index contributed by atoms with van der Waals surface area (Å²) >= 11 is 0. The molecule has 7 nitrogen and oxygen atoms in total. The van der Waals surface area contributed by atoms with E-state index in [1.807, 2.05) is 49.4 Å². The van der Waals surface area contributed by atoms with Gasteiger partial charge in [-0.3, -0.25) is 14.5 Å². The highest BCUT2D eigenvalue weighted by Gasteiger charge is 2.57. The first-order valence-electron chi connectivity index (χ1n) is 10.1. The van der Waals surface area contributed by atoms with Crippen molar-refractivity contribution in [1.29, 1.82) is 0 Å². The predicted octanol–water partition coefficient (Wildman–Crippen LogP) is 3.64. The highest BCUT2D eigenvalue weighted by Crippen LogP contribution is 2.50. The number of nitrogens with one attached hydrogen (secondary N) is 2. The van der Waals surface area contributed by atoms with Crippen LogP contribution in [0.3, 0.4) is 0 Å². The fraction of sp³-hybridized carbons (Fsp3) is 0.167. The van der Waals surface area contributed by atoms with Gasteiger partial charge < -0.3 is 20.1 Å². The molecule has 0 unspecified atom stereocenters. The molecule has 0 aromatic heterocycles. The van der Waals surface area contributed by atoms with Crippen molar-refractivity contribution >= 4 is 28.9 Å². The lowest BCUT2D eigenvalue weighted by molar-refractivity contribution is -0.119. The average molecular weight is 413 g/mol. The van der Waals surface area contributed by atoms with Gasteiger partial charge in [-0.15, -0.1) is 0 Å². The van der Waals surface area contributed by atoms with Crippen LogP contribution in [0.2, 0.25) is 0 Å². The standard InChI is InChI=1S/C24H19N3O4/c1-14-6-8-15(9-7-14)27-22(28)16-4-2-3-5-18(16)26-24(27)17-12-20-21(31-11-10-30-20)13-19(17)25-23(24)29/h2-9,12-13,26H,10-11H2,1H3,(H,25,29)/t24-/m1/s1. The Morgan fingerprint density at radius 1 is 0.903 bits per heavy atom. The molecule has 3 aliphatic rings. The van der Waals surface area contributed by atoms with E-state index in [2.05, 4.69) is 10.6 Å². The Labute approximate surface area is 178 Å². The Balaban J connectivity index is 1.63. The molecule has 0 bridgehead atoms. The first-order chi connectivity index (χ1) is 15.1. The van der Waals surface area contributed by atoms with Crippen molar-refractivity contribution in [3.63, 3.8) is 0 Å². The lowest BCUT2D eigenvalue weighted by Crippen LogP contribution is -2.61. The van der Waals surface area contributed by atoms with Gasteiger partial charge in [-0.1, -0.05) is 29.8 Å². The zero-order valence-electron chi connectivity index (χ0n) is 16.8. The summed E-state index contributed by atoms with van der Waals surface area (Å²) in [6.45, 7) is 2.85. The minimum absolute atomic E-state index is 0.254. The topological polar surface area (TPSA) is 79.9 Å². The van der Waals surface area contributed by atoms with Crippen LogP contribution in [0.1, 0.15) is 21.5 Å². The van der Waals surface area contributed by atoms with Crippen molar-refractivity contribution in [3.05, 3.63) is 77.4 Å². The maximum Gasteiger partial charge on any atom is 0.276 e. The monoisotopic (exact) mass is 413 g/mol. The van der Waals surface area contributed by atoms with Crippen molar-refractivity contribution in [2.45, 2.75) is 12.6 Å². The molecule has 3 aromatic rings. The highest BCUT2D eigenvalue weighted by molar-refractivity contribution is 6.22. The van der Waals surface area contributed by atoms with E-state index in [9.17, 15) is 9.59 Å². The van der Waals surface area contributed by atoms with E-state index in [1.54, 1.807) is 18.2 Å². The van der Waals surface area contributed by atoms with Crippen LogP contribution >= 0.6 is 0 Å². The molecule has 3 aromatic carbocycles. The number of rotatable bonds is 1. The molecule has 3 heterocycles. The van der Waals surface area contributed by atoms with E-state index >= 15 is 0 Å². The number of nitrogens with zero attached hydrogens (tertiary/aromatic N) is 1. The number of carbonyl (C=O) groups is 2. The number of ether oxygens (including phenoxy) is 2. The zero-order chi connectivity index (χ0) is 21.2. The maximum atomic E-state index is 13.8. The van der Waals surface area contributed by atoms with Gasteiger partial charge in [-0.2, -0.15) is 0 Å². The third-order valence-corrected chi connectivity index (χ3v) is 5.95. The smallest absolute Gasteiger partial charge is 0.276 e. The van der Waals surface area contributed by atoms with Crippen LogP contribution in [0.15, 0.2) is 60.7 Å². The van der Waals surface area contributed by atoms with Crippen LogP contribution in [0.25, 0.3) is 0 Å². The summed E-state index contributed by atoms with van der Waals surface area (Å²) in [6.07, 6.45) is 0. The van der Waals surface area contributed by atoms with Gasteiger partial charge in [0.05, 0.1) is 11.3 Å². The third kappa shape index (κ3) is 2.40. The summed E-state index contributed by atoms with van der Waals surface area (Å²) in [7, 11) is 0. The van der Waals surface area contributed by atoms with Crippen LogP contribution in [0, 0.1) is 6.92 Å². The summed E-state index contributed by atoms with van der Waals surface area (Å²) in [6, 6.07) is 18.3. The fourth-order valence-corrected chi connectivity index (χ4v) is 4.48. The number of benzene rings is 3. The van der Waals surface area contributed by atoms with E-state index in [0.717, 1.165) is 5.56 Å². The van der Waals surface area contributed by atoms with E-state index in [1.165, 1.54) is 4.90 Å². The molecule has 3 aliphatic heterocycles. The largest absolute Gasteiger partial charge is 0.486 e. The number of hydrogen-bond donors (Lipinski definition) is 2. The van der Waals surface area contributed by atoms with Crippen LogP contribution < -0.4 is 25.0 Å². The zero-order valence-corrected chi connectivity index (χ0v) is 16.8. The highest BCUT2D eigenvalue weighted by atomic mass is 16.6. The van der Waals surface area contributed by atoms with Crippen molar-refractivity contribution in [2.75, 3.05) is 28.7 Å². The number of amides is 2. The second-order valence-corrected chi connectivity index (χ2v) is 7.85. The van der Waals surface area contributed by atoms with Crippen LogP contribution in [-0.2, 0) is 10.5 Å². The lowest BCUT2D eigenvalue weighted by Gasteiger charge is -2.44. The summed E-state index contributed by atoms with van der Waals surface area (Å²) in [5.74, 6) is 0.536. The fourth-order valence-electron chi connectivity index (χ4n) is 4.48. The second-order valence-electron chi connectivity index (χ2n) is 7.85. The van der Waals surface area contributed by atoms with Gasteiger partial charge in [0, 0.05) is 23.0 Å². The van der Waals surface area contributed by atoms with Crippen molar-refractivity contribution in [3.8, 4) is 11.5 Å². The molecular formula is C24H19N3O4. The minimum atomic E-state index is -1.45. The summed E-state index contributed by atoms with van der Waals surface area (Å²) in [5.41, 5.74) is 2.55. The van der Waals surface area contributed by atoms with Crippen molar-refractivity contribution in [1.82, 2.24) is 0 Å². The third-order valence-electron chi connectivity index (χ3n) is 5.95. The van der Waals surface area contributed by atoms with Gasteiger partial charge >= 0.3 is 0 Å². The van der Waals surface area contributed by atoms with E-state index in [4.69, 9.17) is 9.47 Å². The van der Waals surface area contributed by atoms with Crippen LogP contribution in [0.5, 0.6) is 11.5 Å². The molecule has 0 radical (unpaired) electrons. The average Bonchev–Trinajstić information content (AvgIpc) is 3.04. The van der Waals surface area contributed by atoms with Gasteiger partial charge in [0.2, 0.25) is 5.66 Å². The van der Waals surface area contributed by atoms with Gasteiger partial charge in [0.15, 0.2) is 11.5 Å². The maximum absolute atomic E-state index is 13.8. The van der Waals surface area contributed by atoms with Crippen LogP contribution in [-0.4, -0.2) is 25.0 Å². The Morgan fingerprint density at radius 3 is 2.39 bits per heavy atom. The number of aryl methyl sites for hydroxylation is 1. The first kappa shape index (κ1) is 17.8. The number of anilines is 3. The van der Waals surface area contributed by atoms with Gasteiger partial charge in [0.25, 0.3) is 11.8 Å². The van der Waals surface area contributed by atoms with Crippen molar-refractivity contribution in [2.24, 2.45) is 0 Å². The Kier molecular flexibility index (Phi) is 3.59. The Bertz CT molecular complexity index is 1250. The molecule has 2 amide bonds. The van der Waals surface area contributed by atoms with E-state index in [0.29, 0.717) is 52.9 Å². The minimum Gasteiger partial charge on any atom is -0.486 e. The van der Waals surface area contributed by atoms with Gasteiger partial charge in [0.1, 0.15) is 13.2 Å². The molecule has 0 saturated carbocycles. The molecule has 1 atom stereocenters. The number of hydrogen-bond acceptors (Lipinski definition) is 5. The molecular weight excluding hydrogens is 394 g/mol. The first-order valence-corrected chi connectivity index (χ1v) is 10.1. The molecule has 1 spiro atoms. The quantitative estimate of drug-likeness (QED) is 0.637. The van der Waals surface area contributed by atoms with Crippen LogP contribution in [0.4, 0.5) is 17.1 Å². The summed E-state index contributed by atoms with van der Waals surface area (Å²) < 4.78 is 11.5. The molecule has 2 N–H and O–H groups in total. The lowest BCUT2D eigenvalue weighted by atomic mass is 9.91. The number of carbonyl (C=O) groups excluding carboxylic acids is 2. The van der Waals surface area contributed by atoms with Crippen molar-refractivity contribution < 1.29 is 19.1 Å². The van der Waals surface area contributed by atoms with Gasteiger partial charge in [-0.05, 0) is 37.3 Å². The van der Waals surface area contributed by atoms with E-state index < -0.39 is 5.66 Å². The van der Waals surface area contributed by atoms with Gasteiger partial charge in [-0.25, -0.2) is 0 Å². The Morgan fingerprint density at radius 2 is 1.61 bits per heavy atom. The molecule has 0 saturated heterocycles. The molecule has 6 rings (SSSR count). The molecule has 7 heteroatoms. The summed E-state index contributed by atoms with van der Waals surface area (Å²) in [4.78, 5) is 28.9. The summed E-state index contributed by atoms with van der Waals surface area (Å²) in [5, 5.41) is 6.32. The van der Waals surface area contributed by atoms with E-state index in [-0.39, 0.29) is 11.8 Å². The number of para-hydroxylation sites is 1. The molecule has 154 valence electrons. The normalized spacial score (nSPS) is 20.7. The Hall–Kier alpha value is -4.00. The molecule has 0 fully saturated rings. The molecule has 0 aliphatic carbocycles. The molecule has 31 heavy (non-hydrogen) atoms. The number of fused-ring (bicyclic) bond motifs is 4. The SMILES string of the molecule is Cc1ccc(N2C(=O)c3ccccc3N[C@@]23C(=O)Nc2cc4c(cc23)OCCO4)cc1.